The quantitative estimate of drug-likeness (QED) is 0.0998. The standard InChI is InChI=1S/C48H57F2N11O6/c1-51-48(67)58-22-17-38-37(28-58)44(59-19-8-9-29-23-34(30-26-53-56(2)27-30)35(43(49)50)25-40(29)59)55-61(38)32-15-20-57(21-16-32)42(63)10-6-4-3-5-7-18-52-31-11-12-33-36(24-31)47(66)60(46(33)65)39-13-14-41(62)54-45(39)64/h11-12,23-27,32,39,43,52H,3-10,13-22,28H2,1-2H3,(H,51,67)(H,54,62,64). The van der Waals surface area contributed by atoms with Crippen LogP contribution in [0.4, 0.5) is 30.8 Å². The minimum atomic E-state index is -2.69. The zero-order valence-corrected chi connectivity index (χ0v) is 38.0. The number of nitrogens with zero attached hydrogens (tertiary/aromatic N) is 8. The molecule has 67 heavy (non-hydrogen) atoms. The van der Waals surface area contributed by atoms with E-state index >= 15 is 0 Å². The zero-order chi connectivity index (χ0) is 46.9. The summed E-state index contributed by atoms with van der Waals surface area (Å²) in [5.41, 5.74) is 5.93. The van der Waals surface area contributed by atoms with Crippen molar-refractivity contribution in [1.29, 1.82) is 0 Å². The second-order valence-corrected chi connectivity index (χ2v) is 18.2. The number of urea groups is 1. The molecule has 3 N–H and O–H groups in total. The maximum absolute atomic E-state index is 14.7. The van der Waals surface area contributed by atoms with E-state index in [0.717, 1.165) is 79.5 Å². The lowest BCUT2D eigenvalue weighted by Gasteiger charge is -2.34. The molecule has 17 nitrogen and oxygen atoms in total. The molecule has 19 heteroatoms. The van der Waals surface area contributed by atoms with Crippen molar-refractivity contribution in [2.75, 3.05) is 50.0 Å². The Morgan fingerprint density at radius 3 is 2.39 bits per heavy atom. The third kappa shape index (κ3) is 9.11. The molecule has 9 rings (SSSR count). The van der Waals surface area contributed by atoms with Crippen molar-refractivity contribution >= 4 is 52.8 Å². The number of aromatic nitrogens is 4. The first-order valence-electron chi connectivity index (χ1n) is 23.6. The fourth-order valence-electron chi connectivity index (χ4n) is 10.4. The van der Waals surface area contributed by atoms with Crippen LogP contribution in [-0.2, 0) is 40.8 Å². The van der Waals surface area contributed by atoms with E-state index in [1.54, 1.807) is 60.3 Å². The van der Waals surface area contributed by atoms with Crippen LogP contribution >= 0.6 is 0 Å². The van der Waals surface area contributed by atoms with E-state index in [1.807, 2.05) is 11.0 Å². The number of carbonyl (C=O) groups excluding carboxylic acids is 6. The second-order valence-electron chi connectivity index (χ2n) is 18.2. The first-order chi connectivity index (χ1) is 32.4. The first-order valence-corrected chi connectivity index (χ1v) is 23.6. The van der Waals surface area contributed by atoms with Crippen molar-refractivity contribution in [3.8, 4) is 11.1 Å². The fraction of sp³-hybridized carbons (Fsp3) is 0.500. The number of halogens is 2. The topological polar surface area (TPSA) is 187 Å². The van der Waals surface area contributed by atoms with Gasteiger partial charge in [0.15, 0.2) is 5.82 Å². The van der Waals surface area contributed by atoms with E-state index in [0.29, 0.717) is 80.4 Å². The minimum Gasteiger partial charge on any atom is -0.385 e. The van der Waals surface area contributed by atoms with E-state index in [2.05, 4.69) is 30.6 Å². The number of benzene rings is 2. The number of likely N-dealkylation sites (tertiary alicyclic amines) is 1. The molecule has 2 saturated heterocycles. The summed E-state index contributed by atoms with van der Waals surface area (Å²) in [6.07, 6.45) is 9.48. The number of carbonyl (C=O) groups is 6. The predicted octanol–water partition coefficient (Wildman–Crippen LogP) is 6.02. The molecule has 2 fully saturated rings. The number of fused-ring (bicyclic) bond motifs is 3. The van der Waals surface area contributed by atoms with Gasteiger partial charge in [-0.1, -0.05) is 19.3 Å². The van der Waals surface area contributed by atoms with E-state index in [1.165, 1.54) is 0 Å². The van der Waals surface area contributed by atoms with Gasteiger partial charge in [-0.2, -0.15) is 10.2 Å². The minimum absolute atomic E-state index is 0.0489. The highest BCUT2D eigenvalue weighted by Gasteiger charge is 2.45. The third-order valence-corrected chi connectivity index (χ3v) is 13.9. The Hall–Kier alpha value is -6.66. The Balaban J connectivity index is 0.767. The molecule has 0 bridgehead atoms. The van der Waals surface area contributed by atoms with Crippen molar-refractivity contribution in [3.05, 3.63) is 76.2 Å². The van der Waals surface area contributed by atoms with Crippen molar-refractivity contribution in [2.24, 2.45) is 7.05 Å². The lowest BCUT2D eigenvalue weighted by Crippen LogP contribution is -2.54. The Morgan fingerprint density at radius 2 is 1.64 bits per heavy atom. The van der Waals surface area contributed by atoms with Crippen LogP contribution in [0.1, 0.15) is 126 Å². The monoisotopic (exact) mass is 921 g/mol. The molecule has 4 aromatic rings. The maximum atomic E-state index is 14.7. The van der Waals surface area contributed by atoms with Crippen LogP contribution in [0.2, 0.25) is 0 Å². The molecular formula is C48H57F2N11O6. The average molecular weight is 922 g/mol. The Kier molecular flexibility index (Phi) is 13.1. The lowest BCUT2D eigenvalue weighted by molar-refractivity contribution is -0.136. The van der Waals surface area contributed by atoms with Crippen molar-refractivity contribution in [3.63, 3.8) is 0 Å². The number of piperidine rings is 2. The number of unbranched alkanes of at least 4 members (excludes halogenated alkanes) is 4. The van der Waals surface area contributed by atoms with Crippen LogP contribution in [0, 0.1) is 0 Å². The van der Waals surface area contributed by atoms with Gasteiger partial charge in [0.05, 0.1) is 29.9 Å². The molecule has 0 radical (unpaired) electrons. The molecule has 0 aliphatic carbocycles. The van der Waals surface area contributed by atoms with Crippen molar-refractivity contribution in [2.45, 2.75) is 109 Å². The van der Waals surface area contributed by atoms with Crippen LogP contribution < -0.4 is 20.9 Å². The Morgan fingerprint density at radius 1 is 0.866 bits per heavy atom. The molecule has 7 amide bonds. The number of anilines is 3. The molecular weight excluding hydrogens is 865 g/mol. The average Bonchev–Trinajstić information content (AvgIpc) is 4.01. The summed E-state index contributed by atoms with van der Waals surface area (Å²) in [5.74, 6) is -1.27. The summed E-state index contributed by atoms with van der Waals surface area (Å²) >= 11 is 0. The number of hydrogen-bond acceptors (Lipinski definition) is 10. The molecule has 2 aromatic carbocycles. The van der Waals surface area contributed by atoms with Gasteiger partial charge in [-0.25, -0.2) is 13.6 Å². The van der Waals surface area contributed by atoms with Crippen LogP contribution in [0.5, 0.6) is 0 Å². The number of imide groups is 2. The van der Waals surface area contributed by atoms with Crippen LogP contribution in [0.15, 0.2) is 42.7 Å². The van der Waals surface area contributed by atoms with Gasteiger partial charge in [0, 0.05) is 106 Å². The highest BCUT2D eigenvalue weighted by Crippen LogP contribution is 2.44. The largest absolute Gasteiger partial charge is 0.385 e. The smallest absolute Gasteiger partial charge is 0.317 e. The van der Waals surface area contributed by atoms with Crippen LogP contribution in [0.3, 0.4) is 0 Å². The van der Waals surface area contributed by atoms with Gasteiger partial charge in [0.1, 0.15) is 6.04 Å². The van der Waals surface area contributed by atoms with Gasteiger partial charge in [-0.15, -0.1) is 0 Å². The van der Waals surface area contributed by atoms with Gasteiger partial charge in [-0.05, 0) is 86.4 Å². The number of hydrogen-bond donors (Lipinski definition) is 3. The highest BCUT2D eigenvalue weighted by atomic mass is 19.3. The van der Waals surface area contributed by atoms with E-state index in [9.17, 15) is 37.5 Å². The molecule has 0 spiro atoms. The van der Waals surface area contributed by atoms with Gasteiger partial charge in [0.2, 0.25) is 17.7 Å². The summed E-state index contributed by atoms with van der Waals surface area (Å²) in [6, 6.07) is 7.35. The van der Waals surface area contributed by atoms with Gasteiger partial charge < -0.3 is 25.3 Å². The third-order valence-electron chi connectivity index (χ3n) is 13.9. The number of nitrogens with one attached hydrogen (secondary N) is 3. The first kappa shape index (κ1) is 45.5. The summed E-state index contributed by atoms with van der Waals surface area (Å²) in [6.45, 7) is 3.38. The van der Waals surface area contributed by atoms with Gasteiger partial charge in [0.25, 0.3) is 18.2 Å². The summed E-state index contributed by atoms with van der Waals surface area (Å²) < 4.78 is 33.2. The number of aryl methyl sites for hydroxylation is 2. The molecule has 5 aliphatic rings. The molecule has 2 aromatic heterocycles. The fourth-order valence-corrected chi connectivity index (χ4v) is 10.4. The molecule has 5 aliphatic heterocycles. The molecule has 0 saturated carbocycles. The van der Waals surface area contributed by atoms with E-state index in [-0.39, 0.29) is 47.5 Å². The van der Waals surface area contributed by atoms with Crippen LogP contribution in [-0.4, -0.2) is 116 Å². The highest BCUT2D eigenvalue weighted by molar-refractivity contribution is 6.23. The van der Waals surface area contributed by atoms with Crippen molar-refractivity contribution < 1.29 is 37.5 Å². The van der Waals surface area contributed by atoms with Crippen LogP contribution in [0.25, 0.3) is 11.1 Å². The predicted molar refractivity (Wildman–Crippen MR) is 244 cm³/mol. The number of rotatable bonds is 14. The number of amides is 7. The summed E-state index contributed by atoms with van der Waals surface area (Å²) in [5, 5.41) is 17.8. The zero-order valence-electron chi connectivity index (χ0n) is 38.0. The van der Waals surface area contributed by atoms with Gasteiger partial charge in [-0.3, -0.25) is 43.6 Å². The molecule has 354 valence electrons. The van der Waals surface area contributed by atoms with Crippen molar-refractivity contribution in [1.82, 2.24) is 44.9 Å². The lowest BCUT2D eigenvalue weighted by atomic mass is 9.92. The SMILES string of the molecule is CNC(=O)N1CCc2c(c(N3CCCc4cc(-c5cnn(C)c5)c(C(F)F)cc43)nn2C2CCN(C(=O)CCCCCCCNc3ccc4c(c3)C(=O)N(C3CCC(=O)NC3=O)C4=O)CC2)C1. The Labute approximate surface area is 387 Å². The maximum Gasteiger partial charge on any atom is 0.317 e. The molecule has 1 atom stereocenters. The summed E-state index contributed by atoms with van der Waals surface area (Å²) in [7, 11) is 3.38. The van der Waals surface area contributed by atoms with E-state index in [4.69, 9.17) is 5.10 Å². The molecule has 1 unspecified atom stereocenters. The summed E-state index contributed by atoms with van der Waals surface area (Å²) in [4.78, 5) is 83.1. The number of alkyl halides is 2. The Bertz CT molecular complexity index is 2600. The normalized spacial score (nSPS) is 18.6. The molecule has 7 heterocycles. The van der Waals surface area contributed by atoms with Gasteiger partial charge >= 0.3 is 6.03 Å². The van der Waals surface area contributed by atoms with E-state index < -0.39 is 36.1 Å². The second kappa shape index (κ2) is 19.3.